The van der Waals surface area contributed by atoms with Gasteiger partial charge in [-0.25, -0.2) is 4.79 Å². The van der Waals surface area contributed by atoms with E-state index in [2.05, 4.69) is 9.97 Å². The van der Waals surface area contributed by atoms with E-state index in [1.165, 1.54) is 22.7 Å². The second-order valence-corrected chi connectivity index (χ2v) is 8.35. The van der Waals surface area contributed by atoms with Gasteiger partial charge in [-0.2, -0.15) is 17.0 Å². The SMILES string of the molecule is CN(C)S(=O)(=O)N1CCN(C(=O)Cc2ccc3[nH]c(=O)[nH]c3c2)CC1. The van der Waals surface area contributed by atoms with Crippen LogP contribution in [-0.2, 0) is 21.4 Å². The number of carbonyl (C=O) groups is 1. The number of rotatable bonds is 4. The van der Waals surface area contributed by atoms with Crippen molar-refractivity contribution in [2.45, 2.75) is 6.42 Å². The van der Waals surface area contributed by atoms with E-state index in [1.807, 2.05) is 0 Å². The smallest absolute Gasteiger partial charge is 0.323 e. The van der Waals surface area contributed by atoms with Crippen LogP contribution >= 0.6 is 0 Å². The van der Waals surface area contributed by atoms with Gasteiger partial charge >= 0.3 is 5.69 Å². The fraction of sp³-hybridized carbons (Fsp3) is 0.467. The summed E-state index contributed by atoms with van der Waals surface area (Å²) in [6, 6.07) is 5.34. The minimum absolute atomic E-state index is 0.0564. The van der Waals surface area contributed by atoms with Crippen LogP contribution in [0, 0.1) is 0 Å². The van der Waals surface area contributed by atoms with Gasteiger partial charge in [-0.15, -0.1) is 0 Å². The van der Waals surface area contributed by atoms with Crippen LogP contribution < -0.4 is 5.69 Å². The zero-order valence-corrected chi connectivity index (χ0v) is 15.0. The molecule has 2 aromatic rings. The van der Waals surface area contributed by atoms with Crippen molar-refractivity contribution in [3.8, 4) is 0 Å². The van der Waals surface area contributed by atoms with E-state index >= 15 is 0 Å². The summed E-state index contributed by atoms with van der Waals surface area (Å²) >= 11 is 0. The summed E-state index contributed by atoms with van der Waals surface area (Å²) in [4.78, 5) is 30.8. The van der Waals surface area contributed by atoms with Crippen molar-refractivity contribution in [2.24, 2.45) is 0 Å². The molecular formula is C15H21N5O4S. The predicted molar refractivity (Wildman–Crippen MR) is 93.4 cm³/mol. The summed E-state index contributed by atoms with van der Waals surface area (Å²) in [7, 11) is -0.450. The van der Waals surface area contributed by atoms with E-state index < -0.39 is 10.2 Å². The molecule has 10 heteroatoms. The fourth-order valence-corrected chi connectivity index (χ4v) is 3.96. The predicted octanol–water partition coefficient (Wildman–Crippen LogP) is -0.651. The number of benzene rings is 1. The number of nitrogens with one attached hydrogen (secondary N) is 2. The molecule has 3 rings (SSSR count). The van der Waals surface area contributed by atoms with E-state index in [0.717, 1.165) is 5.56 Å². The average Bonchev–Trinajstić information content (AvgIpc) is 2.94. The Bertz CT molecular complexity index is 938. The maximum absolute atomic E-state index is 12.5. The lowest BCUT2D eigenvalue weighted by Gasteiger charge is -2.35. The van der Waals surface area contributed by atoms with Gasteiger partial charge in [0.15, 0.2) is 0 Å². The minimum atomic E-state index is -3.44. The summed E-state index contributed by atoms with van der Waals surface area (Å²) < 4.78 is 26.8. The molecule has 1 fully saturated rings. The Labute approximate surface area is 145 Å². The molecule has 0 unspecified atom stereocenters. The molecule has 0 bridgehead atoms. The number of nitrogens with zero attached hydrogens (tertiary/aromatic N) is 3. The van der Waals surface area contributed by atoms with E-state index in [9.17, 15) is 18.0 Å². The van der Waals surface area contributed by atoms with Gasteiger partial charge in [0.1, 0.15) is 0 Å². The molecule has 0 saturated carbocycles. The number of hydrogen-bond acceptors (Lipinski definition) is 4. The molecule has 0 atom stereocenters. The van der Waals surface area contributed by atoms with Gasteiger partial charge in [-0.3, -0.25) is 4.79 Å². The number of fused-ring (bicyclic) bond motifs is 1. The zero-order chi connectivity index (χ0) is 18.2. The third kappa shape index (κ3) is 3.60. The first-order valence-corrected chi connectivity index (χ1v) is 9.33. The maximum atomic E-state index is 12.5. The Balaban J connectivity index is 1.63. The van der Waals surface area contributed by atoms with E-state index in [1.54, 1.807) is 23.1 Å². The number of amides is 1. The van der Waals surface area contributed by atoms with Crippen LogP contribution in [0.15, 0.2) is 23.0 Å². The number of imidazole rings is 1. The number of carbonyl (C=O) groups excluding carboxylic acids is 1. The molecule has 0 radical (unpaired) electrons. The molecule has 1 aromatic heterocycles. The van der Waals surface area contributed by atoms with Gasteiger partial charge in [-0.05, 0) is 17.7 Å². The van der Waals surface area contributed by atoms with Crippen molar-refractivity contribution < 1.29 is 13.2 Å². The van der Waals surface area contributed by atoms with Crippen LogP contribution in [0.25, 0.3) is 11.0 Å². The molecule has 0 aliphatic carbocycles. The summed E-state index contributed by atoms with van der Waals surface area (Å²) in [5, 5.41) is 0. The van der Waals surface area contributed by atoms with Gasteiger partial charge in [0.05, 0.1) is 17.5 Å². The van der Waals surface area contributed by atoms with Gasteiger partial charge < -0.3 is 14.9 Å². The fourth-order valence-electron chi connectivity index (χ4n) is 2.88. The van der Waals surface area contributed by atoms with Gasteiger partial charge in [0, 0.05) is 40.3 Å². The Morgan fingerprint density at radius 2 is 1.76 bits per heavy atom. The van der Waals surface area contributed by atoms with Crippen molar-refractivity contribution in [3.63, 3.8) is 0 Å². The normalized spacial score (nSPS) is 16.7. The topological polar surface area (TPSA) is 110 Å². The minimum Gasteiger partial charge on any atom is -0.340 e. The molecule has 2 N–H and O–H groups in total. The van der Waals surface area contributed by atoms with Gasteiger partial charge in [-0.1, -0.05) is 6.07 Å². The summed E-state index contributed by atoms with van der Waals surface area (Å²) in [5.74, 6) is -0.0564. The van der Waals surface area contributed by atoms with Crippen molar-refractivity contribution in [1.29, 1.82) is 0 Å². The Morgan fingerprint density at radius 3 is 2.40 bits per heavy atom. The lowest BCUT2D eigenvalue weighted by molar-refractivity contribution is -0.131. The number of piperazine rings is 1. The summed E-state index contributed by atoms with van der Waals surface area (Å²) in [6.45, 7) is 1.32. The maximum Gasteiger partial charge on any atom is 0.323 e. The largest absolute Gasteiger partial charge is 0.340 e. The molecule has 1 aromatic carbocycles. The second kappa shape index (κ2) is 6.62. The third-order valence-electron chi connectivity index (χ3n) is 4.31. The average molecular weight is 367 g/mol. The molecule has 136 valence electrons. The summed E-state index contributed by atoms with van der Waals surface area (Å²) in [5.41, 5.74) is 1.88. The highest BCUT2D eigenvalue weighted by Crippen LogP contribution is 2.14. The standard InChI is InChI=1S/C15H21N5O4S/c1-18(2)25(23,24)20-7-5-19(6-8-20)14(21)10-11-3-4-12-13(9-11)17-15(22)16-12/h3-4,9H,5-8,10H2,1-2H3,(H2,16,17,22). The molecule has 1 aliphatic rings. The first kappa shape index (κ1) is 17.6. The van der Waals surface area contributed by atoms with Crippen LogP contribution in [0.3, 0.4) is 0 Å². The molecule has 0 spiro atoms. The molecule has 1 aliphatic heterocycles. The zero-order valence-electron chi connectivity index (χ0n) is 14.2. The van der Waals surface area contributed by atoms with E-state index in [0.29, 0.717) is 24.1 Å². The Morgan fingerprint density at radius 1 is 1.12 bits per heavy atom. The van der Waals surface area contributed by atoms with Crippen LogP contribution in [0.2, 0.25) is 0 Å². The molecule has 25 heavy (non-hydrogen) atoms. The molecule has 1 amide bonds. The molecular weight excluding hydrogens is 346 g/mol. The number of H-pyrrole nitrogens is 2. The van der Waals surface area contributed by atoms with Crippen molar-refractivity contribution >= 4 is 27.1 Å². The number of hydrogen-bond donors (Lipinski definition) is 2. The quantitative estimate of drug-likeness (QED) is 0.748. The van der Waals surface area contributed by atoms with E-state index in [-0.39, 0.29) is 31.1 Å². The molecule has 1 saturated heterocycles. The summed E-state index contributed by atoms with van der Waals surface area (Å²) in [6.07, 6.45) is 0.212. The van der Waals surface area contributed by atoms with E-state index in [4.69, 9.17) is 0 Å². The number of aromatic nitrogens is 2. The monoisotopic (exact) mass is 367 g/mol. The van der Waals surface area contributed by atoms with Crippen molar-refractivity contribution in [2.75, 3.05) is 40.3 Å². The van der Waals surface area contributed by atoms with Crippen molar-refractivity contribution in [1.82, 2.24) is 23.5 Å². The Hall–Kier alpha value is -2.17. The first-order valence-electron chi connectivity index (χ1n) is 7.93. The highest BCUT2D eigenvalue weighted by molar-refractivity contribution is 7.86. The van der Waals surface area contributed by atoms with Crippen molar-refractivity contribution in [3.05, 3.63) is 34.2 Å². The first-order chi connectivity index (χ1) is 11.8. The van der Waals surface area contributed by atoms with Crippen LogP contribution in [0.4, 0.5) is 0 Å². The highest BCUT2D eigenvalue weighted by Gasteiger charge is 2.30. The lowest BCUT2D eigenvalue weighted by atomic mass is 10.1. The van der Waals surface area contributed by atoms with Gasteiger partial charge in [0.2, 0.25) is 5.91 Å². The van der Waals surface area contributed by atoms with Crippen LogP contribution in [0.5, 0.6) is 0 Å². The third-order valence-corrected chi connectivity index (χ3v) is 6.26. The highest BCUT2D eigenvalue weighted by atomic mass is 32.2. The number of aromatic amines is 2. The van der Waals surface area contributed by atoms with Crippen LogP contribution in [-0.4, -0.2) is 78.1 Å². The van der Waals surface area contributed by atoms with Crippen LogP contribution in [0.1, 0.15) is 5.56 Å². The molecule has 9 nitrogen and oxygen atoms in total. The molecule has 2 heterocycles. The Kier molecular flexibility index (Phi) is 4.67. The second-order valence-electron chi connectivity index (χ2n) is 6.21. The lowest BCUT2D eigenvalue weighted by Crippen LogP contribution is -2.53. The van der Waals surface area contributed by atoms with Gasteiger partial charge in [0.25, 0.3) is 10.2 Å².